The van der Waals surface area contributed by atoms with E-state index in [-0.39, 0.29) is 6.04 Å². The van der Waals surface area contributed by atoms with E-state index in [1.54, 1.807) is 24.6 Å². The molecule has 0 radical (unpaired) electrons. The molecule has 2 aromatic rings. The number of thiophene rings is 1. The van der Waals surface area contributed by atoms with Crippen molar-refractivity contribution in [1.82, 2.24) is 10.4 Å². The standard InChI is InChI=1S/C12H15N3OS/c1-8-5-6-10(17-8)11(15-13)9-4-3-7-14-12(9)16-2/h3-7,11,15H,13H2,1-2H3. The molecular formula is C12H15N3OS. The van der Waals surface area contributed by atoms with Gasteiger partial charge in [0.05, 0.1) is 13.2 Å². The van der Waals surface area contributed by atoms with E-state index in [4.69, 9.17) is 10.6 Å². The summed E-state index contributed by atoms with van der Waals surface area (Å²) >= 11 is 1.71. The molecule has 0 aromatic carbocycles. The average Bonchev–Trinajstić information content (AvgIpc) is 2.77. The van der Waals surface area contributed by atoms with Crippen LogP contribution in [0, 0.1) is 6.92 Å². The minimum atomic E-state index is -0.0858. The van der Waals surface area contributed by atoms with Gasteiger partial charge in [-0.1, -0.05) is 6.07 Å². The Labute approximate surface area is 104 Å². The maximum absolute atomic E-state index is 5.64. The van der Waals surface area contributed by atoms with Crippen LogP contribution in [0.15, 0.2) is 30.5 Å². The maximum atomic E-state index is 5.64. The van der Waals surface area contributed by atoms with Gasteiger partial charge in [-0.2, -0.15) is 0 Å². The van der Waals surface area contributed by atoms with Gasteiger partial charge in [-0.05, 0) is 25.1 Å². The van der Waals surface area contributed by atoms with Crippen LogP contribution in [-0.2, 0) is 0 Å². The Kier molecular flexibility index (Phi) is 3.73. The number of pyridine rings is 1. The molecule has 0 spiro atoms. The normalized spacial score (nSPS) is 12.4. The molecule has 0 aliphatic carbocycles. The van der Waals surface area contributed by atoms with Crippen molar-refractivity contribution >= 4 is 11.3 Å². The van der Waals surface area contributed by atoms with E-state index in [0.717, 1.165) is 10.4 Å². The van der Waals surface area contributed by atoms with Crippen LogP contribution < -0.4 is 16.0 Å². The molecule has 2 aromatic heterocycles. The Morgan fingerprint density at radius 1 is 1.41 bits per heavy atom. The van der Waals surface area contributed by atoms with Gasteiger partial charge in [0.2, 0.25) is 5.88 Å². The van der Waals surface area contributed by atoms with Crippen molar-refractivity contribution in [1.29, 1.82) is 0 Å². The van der Waals surface area contributed by atoms with Crippen molar-refractivity contribution in [2.24, 2.45) is 5.84 Å². The van der Waals surface area contributed by atoms with E-state index in [0.29, 0.717) is 5.88 Å². The molecule has 4 nitrogen and oxygen atoms in total. The fourth-order valence-electron chi connectivity index (χ4n) is 1.73. The number of nitrogens with one attached hydrogen (secondary N) is 1. The summed E-state index contributed by atoms with van der Waals surface area (Å²) < 4.78 is 5.25. The van der Waals surface area contributed by atoms with Gasteiger partial charge in [-0.3, -0.25) is 5.84 Å². The van der Waals surface area contributed by atoms with Gasteiger partial charge in [0.25, 0.3) is 0 Å². The van der Waals surface area contributed by atoms with Crippen LogP contribution in [0.2, 0.25) is 0 Å². The monoisotopic (exact) mass is 249 g/mol. The predicted octanol–water partition coefficient (Wildman–Crippen LogP) is 2.01. The minimum Gasteiger partial charge on any atom is -0.481 e. The van der Waals surface area contributed by atoms with E-state index < -0.39 is 0 Å². The summed E-state index contributed by atoms with van der Waals surface area (Å²) in [4.78, 5) is 6.59. The molecule has 2 heterocycles. The number of aromatic nitrogens is 1. The first-order valence-electron chi connectivity index (χ1n) is 5.27. The highest BCUT2D eigenvalue weighted by molar-refractivity contribution is 7.12. The van der Waals surface area contributed by atoms with Gasteiger partial charge < -0.3 is 4.74 Å². The number of nitrogens with two attached hydrogens (primary N) is 1. The lowest BCUT2D eigenvalue weighted by Gasteiger charge is -2.16. The zero-order chi connectivity index (χ0) is 12.3. The van der Waals surface area contributed by atoms with Gasteiger partial charge in [-0.15, -0.1) is 11.3 Å². The van der Waals surface area contributed by atoms with E-state index in [1.807, 2.05) is 12.1 Å². The maximum Gasteiger partial charge on any atom is 0.218 e. The Morgan fingerprint density at radius 2 is 2.24 bits per heavy atom. The molecule has 1 atom stereocenters. The van der Waals surface area contributed by atoms with Crippen LogP contribution in [-0.4, -0.2) is 12.1 Å². The molecule has 2 rings (SSSR count). The number of hydrazine groups is 1. The molecule has 0 amide bonds. The lowest BCUT2D eigenvalue weighted by Crippen LogP contribution is -2.28. The Hall–Kier alpha value is -1.43. The minimum absolute atomic E-state index is 0.0858. The molecule has 0 aliphatic heterocycles. The Morgan fingerprint density at radius 3 is 2.82 bits per heavy atom. The van der Waals surface area contributed by atoms with Gasteiger partial charge in [0, 0.05) is 21.5 Å². The van der Waals surface area contributed by atoms with Crippen LogP contribution in [0.4, 0.5) is 0 Å². The van der Waals surface area contributed by atoms with Crippen molar-refractivity contribution in [3.8, 4) is 5.88 Å². The zero-order valence-electron chi connectivity index (χ0n) is 9.81. The van der Waals surface area contributed by atoms with E-state index >= 15 is 0 Å². The number of nitrogens with zero attached hydrogens (tertiary/aromatic N) is 1. The first-order valence-corrected chi connectivity index (χ1v) is 6.09. The number of ether oxygens (including phenoxy) is 1. The van der Waals surface area contributed by atoms with Crippen molar-refractivity contribution in [2.45, 2.75) is 13.0 Å². The van der Waals surface area contributed by atoms with E-state index in [2.05, 4.69) is 29.5 Å². The highest BCUT2D eigenvalue weighted by Crippen LogP contribution is 2.31. The van der Waals surface area contributed by atoms with Crippen LogP contribution in [0.5, 0.6) is 5.88 Å². The van der Waals surface area contributed by atoms with Crippen molar-refractivity contribution in [3.63, 3.8) is 0 Å². The first kappa shape index (κ1) is 12.0. The summed E-state index contributed by atoms with van der Waals surface area (Å²) in [6.45, 7) is 2.07. The Bertz CT molecular complexity index is 498. The highest BCUT2D eigenvalue weighted by atomic mass is 32.1. The average molecular weight is 249 g/mol. The summed E-state index contributed by atoms with van der Waals surface area (Å²) in [5.74, 6) is 6.24. The lowest BCUT2D eigenvalue weighted by molar-refractivity contribution is 0.387. The van der Waals surface area contributed by atoms with Gasteiger partial charge in [0.15, 0.2) is 0 Å². The van der Waals surface area contributed by atoms with Crippen molar-refractivity contribution < 1.29 is 4.74 Å². The van der Waals surface area contributed by atoms with Crippen LogP contribution in [0.3, 0.4) is 0 Å². The second-order valence-electron chi connectivity index (χ2n) is 3.65. The molecule has 17 heavy (non-hydrogen) atoms. The second kappa shape index (κ2) is 5.27. The molecule has 0 saturated carbocycles. The summed E-state index contributed by atoms with van der Waals surface area (Å²) in [5.41, 5.74) is 3.76. The topological polar surface area (TPSA) is 60.2 Å². The molecule has 0 saturated heterocycles. The first-order chi connectivity index (χ1) is 8.26. The van der Waals surface area contributed by atoms with Crippen molar-refractivity contribution in [2.75, 3.05) is 7.11 Å². The molecule has 3 N–H and O–H groups in total. The number of methoxy groups -OCH3 is 1. The number of hydrogen-bond donors (Lipinski definition) is 2. The molecular weight excluding hydrogens is 234 g/mol. The fourth-order valence-corrected chi connectivity index (χ4v) is 2.68. The summed E-state index contributed by atoms with van der Waals surface area (Å²) in [6, 6.07) is 7.90. The number of rotatable bonds is 4. The lowest BCUT2D eigenvalue weighted by atomic mass is 10.1. The van der Waals surface area contributed by atoms with Crippen LogP contribution in [0.25, 0.3) is 0 Å². The van der Waals surface area contributed by atoms with Gasteiger partial charge in [-0.25, -0.2) is 10.4 Å². The summed E-state index contributed by atoms with van der Waals surface area (Å²) in [6.07, 6.45) is 1.70. The van der Waals surface area contributed by atoms with Gasteiger partial charge >= 0.3 is 0 Å². The summed E-state index contributed by atoms with van der Waals surface area (Å²) in [5, 5.41) is 0. The van der Waals surface area contributed by atoms with Crippen LogP contribution >= 0.6 is 11.3 Å². The van der Waals surface area contributed by atoms with E-state index in [9.17, 15) is 0 Å². The van der Waals surface area contributed by atoms with Crippen LogP contribution in [0.1, 0.15) is 21.4 Å². The third-order valence-corrected chi connectivity index (χ3v) is 3.58. The molecule has 5 heteroatoms. The molecule has 0 bridgehead atoms. The third kappa shape index (κ3) is 2.46. The quantitative estimate of drug-likeness (QED) is 0.643. The summed E-state index contributed by atoms with van der Waals surface area (Å²) in [7, 11) is 1.61. The molecule has 0 fully saturated rings. The molecule has 1 unspecified atom stereocenters. The second-order valence-corrected chi connectivity index (χ2v) is 4.97. The third-order valence-electron chi connectivity index (χ3n) is 2.52. The number of hydrogen-bond acceptors (Lipinski definition) is 5. The Balaban J connectivity index is 2.41. The van der Waals surface area contributed by atoms with Crippen molar-refractivity contribution in [3.05, 3.63) is 45.8 Å². The number of aryl methyl sites for hydroxylation is 1. The highest BCUT2D eigenvalue weighted by Gasteiger charge is 2.18. The van der Waals surface area contributed by atoms with Gasteiger partial charge in [0.1, 0.15) is 0 Å². The predicted molar refractivity (Wildman–Crippen MR) is 69.0 cm³/mol. The van der Waals surface area contributed by atoms with E-state index in [1.165, 1.54) is 4.88 Å². The zero-order valence-corrected chi connectivity index (χ0v) is 10.6. The largest absolute Gasteiger partial charge is 0.481 e. The SMILES string of the molecule is COc1ncccc1C(NN)c1ccc(C)s1. The fraction of sp³-hybridized carbons (Fsp3) is 0.250. The smallest absolute Gasteiger partial charge is 0.218 e. The molecule has 0 aliphatic rings. The molecule has 90 valence electrons.